The third kappa shape index (κ3) is 6.27. The number of hydrogen-bond donors (Lipinski definition) is 1. The average Bonchev–Trinajstić information content (AvgIpc) is 3.68. The summed E-state index contributed by atoms with van der Waals surface area (Å²) in [6, 6.07) is 15.2. The third-order valence-corrected chi connectivity index (χ3v) is 8.09. The number of sulfone groups is 1. The minimum atomic E-state index is -3.57. The molecular weight excluding hydrogens is 654 g/mol. The van der Waals surface area contributed by atoms with Gasteiger partial charge in [0.25, 0.3) is 0 Å². The van der Waals surface area contributed by atoms with E-state index < -0.39 is 15.5 Å². The molecular formula is C33H22F2N10O3S. The van der Waals surface area contributed by atoms with Crippen LogP contribution in [0, 0.1) is 11.6 Å². The number of fused-ring (bicyclic) bond motifs is 2. The molecule has 49 heavy (non-hydrogen) atoms. The summed E-state index contributed by atoms with van der Waals surface area (Å²) in [4.78, 5) is 43.1. The number of rotatable bonds is 5. The van der Waals surface area contributed by atoms with Crippen LogP contribution in [-0.4, -0.2) is 63.3 Å². The topological polar surface area (TPSA) is 166 Å². The second-order valence-electron chi connectivity index (χ2n) is 10.5. The van der Waals surface area contributed by atoms with Gasteiger partial charge in [0.05, 0.1) is 46.6 Å². The van der Waals surface area contributed by atoms with E-state index in [-0.39, 0.29) is 16.8 Å². The molecule has 0 atom stereocenters. The zero-order valence-electron chi connectivity index (χ0n) is 25.3. The van der Waals surface area contributed by atoms with Gasteiger partial charge < -0.3 is 4.98 Å². The molecule has 0 aliphatic carbocycles. The zero-order chi connectivity index (χ0) is 34.1. The molecule has 0 spiro atoms. The summed E-state index contributed by atoms with van der Waals surface area (Å²) >= 11 is 0. The lowest BCUT2D eigenvalue weighted by Gasteiger charge is -2.06. The van der Waals surface area contributed by atoms with Gasteiger partial charge in [-0.3, -0.25) is 18.8 Å². The first-order chi connectivity index (χ1) is 23.7. The lowest BCUT2D eigenvalue weighted by Crippen LogP contribution is -2.10. The molecule has 6 heterocycles. The van der Waals surface area contributed by atoms with E-state index in [2.05, 4.69) is 39.9 Å². The second-order valence-corrected chi connectivity index (χ2v) is 12.4. The van der Waals surface area contributed by atoms with Crippen molar-refractivity contribution in [1.29, 1.82) is 0 Å². The Bertz CT molecular complexity index is 2640. The van der Waals surface area contributed by atoms with E-state index in [1.54, 1.807) is 78.0 Å². The van der Waals surface area contributed by atoms with Gasteiger partial charge in [0.15, 0.2) is 11.3 Å². The van der Waals surface area contributed by atoms with Crippen molar-refractivity contribution < 1.29 is 17.2 Å². The Morgan fingerprint density at radius 2 is 1.18 bits per heavy atom. The Morgan fingerprint density at radius 3 is 1.73 bits per heavy atom. The van der Waals surface area contributed by atoms with Crippen LogP contribution in [0.1, 0.15) is 0 Å². The highest BCUT2D eigenvalue weighted by Gasteiger charge is 2.20. The maximum absolute atomic E-state index is 13.3. The minimum Gasteiger partial charge on any atom is -0.304 e. The van der Waals surface area contributed by atoms with Crippen LogP contribution in [0.2, 0.25) is 0 Å². The monoisotopic (exact) mass is 676 g/mol. The molecule has 242 valence electrons. The standard InChI is InChI=1S/C17H12FN5O2S.C16H10FN5O/c1-26(24,25)17-20-7-6-13(21-17)16-15(11-2-4-12(18)5-3-11)22-14-10-19-8-9-23(14)16;17-11-3-1-10(2-4-11)14-15(12-5-6-19-16(23)20-12)22-8-7-18-9-13(22)21-14/h2-10H,1H3;1-9H,(H,19,20,23). The Hall–Kier alpha value is -6.55. The fourth-order valence-electron chi connectivity index (χ4n) is 5.09. The minimum absolute atomic E-state index is 0.274. The largest absolute Gasteiger partial charge is 0.345 e. The Labute approximate surface area is 275 Å². The summed E-state index contributed by atoms with van der Waals surface area (Å²) < 4.78 is 53.7. The van der Waals surface area contributed by atoms with Gasteiger partial charge >= 0.3 is 5.69 Å². The molecule has 0 unspecified atom stereocenters. The summed E-state index contributed by atoms with van der Waals surface area (Å²) in [5.41, 5.74) is 5.53. The number of imidazole rings is 2. The predicted molar refractivity (Wildman–Crippen MR) is 175 cm³/mol. The van der Waals surface area contributed by atoms with Gasteiger partial charge in [-0.25, -0.2) is 46.9 Å². The molecule has 6 aromatic heterocycles. The van der Waals surface area contributed by atoms with E-state index in [0.717, 1.165) is 11.8 Å². The van der Waals surface area contributed by atoms with Crippen LogP contribution >= 0.6 is 0 Å². The van der Waals surface area contributed by atoms with Crippen molar-refractivity contribution in [2.75, 3.05) is 6.26 Å². The van der Waals surface area contributed by atoms with Gasteiger partial charge in [0.1, 0.15) is 11.6 Å². The zero-order valence-corrected chi connectivity index (χ0v) is 26.1. The quantitative estimate of drug-likeness (QED) is 0.253. The van der Waals surface area contributed by atoms with Crippen LogP contribution in [0.15, 0.2) is 120 Å². The van der Waals surface area contributed by atoms with Crippen molar-refractivity contribution in [1.82, 2.24) is 48.7 Å². The molecule has 2 aromatic carbocycles. The number of aromatic nitrogens is 10. The second kappa shape index (κ2) is 12.6. The number of H-pyrrole nitrogens is 1. The molecule has 16 heteroatoms. The smallest absolute Gasteiger partial charge is 0.304 e. The molecule has 0 fully saturated rings. The van der Waals surface area contributed by atoms with Crippen LogP contribution in [0.5, 0.6) is 0 Å². The van der Waals surface area contributed by atoms with Crippen molar-refractivity contribution in [3.63, 3.8) is 0 Å². The van der Waals surface area contributed by atoms with Crippen molar-refractivity contribution in [3.8, 4) is 45.3 Å². The predicted octanol–water partition coefficient (Wildman–Crippen LogP) is 4.68. The van der Waals surface area contributed by atoms with Crippen LogP contribution in [0.25, 0.3) is 56.6 Å². The number of nitrogens with zero attached hydrogens (tertiary/aromatic N) is 9. The van der Waals surface area contributed by atoms with Crippen LogP contribution < -0.4 is 5.69 Å². The van der Waals surface area contributed by atoms with E-state index in [0.29, 0.717) is 51.0 Å². The number of benzene rings is 2. The van der Waals surface area contributed by atoms with Crippen LogP contribution in [0.3, 0.4) is 0 Å². The number of aromatic amines is 1. The Kier molecular flexibility index (Phi) is 7.97. The third-order valence-electron chi connectivity index (χ3n) is 7.23. The van der Waals surface area contributed by atoms with Crippen molar-refractivity contribution >= 4 is 21.1 Å². The van der Waals surface area contributed by atoms with Crippen LogP contribution in [-0.2, 0) is 9.84 Å². The first-order valence-electron chi connectivity index (χ1n) is 14.4. The lowest BCUT2D eigenvalue weighted by molar-refractivity contribution is 0.593. The molecule has 0 amide bonds. The molecule has 1 N–H and O–H groups in total. The average molecular weight is 677 g/mol. The fraction of sp³-hybridized carbons (Fsp3) is 0.0303. The van der Waals surface area contributed by atoms with E-state index >= 15 is 0 Å². The number of hydrogen-bond acceptors (Lipinski definition) is 10. The van der Waals surface area contributed by atoms with Gasteiger partial charge in [-0.15, -0.1) is 0 Å². The SMILES string of the molecule is CS(=O)(=O)c1nccc(-c2c(-c3ccc(F)cc3)nc3cnccn23)n1.O=c1nccc(-c2c(-c3ccc(F)cc3)nc3cnccn23)[nH]1. The summed E-state index contributed by atoms with van der Waals surface area (Å²) in [6.45, 7) is 0. The summed E-state index contributed by atoms with van der Waals surface area (Å²) in [5.74, 6) is -0.680. The Morgan fingerprint density at radius 1 is 0.653 bits per heavy atom. The number of halogens is 2. The van der Waals surface area contributed by atoms with E-state index in [9.17, 15) is 22.0 Å². The molecule has 0 saturated heterocycles. The normalized spacial score (nSPS) is 11.4. The highest BCUT2D eigenvalue weighted by atomic mass is 32.2. The molecule has 0 saturated carbocycles. The molecule has 13 nitrogen and oxygen atoms in total. The Balaban J connectivity index is 0.000000155. The first-order valence-corrected chi connectivity index (χ1v) is 16.3. The van der Waals surface area contributed by atoms with E-state index in [4.69, 9.17) is 0 Å². The van der Waals surface area contributed by atoms with Gasteiger partial charge in [-0.1, -0.05) is 0 Å². The van der Waals surface area contributed by atoms with Gasteiger partial charge in [0, 0.05) is 54.6 Å². The van der Waals surface area contributed by atoms with E-state index in [1.165, 1.54) is 36.7 Å². The molecule has 8 rings (SSSR count). The van der Waals surface area contributed by atoms with Crippen molar-refractivity contribution in [2.24, 2.45) is 0 Å². The van der Waals surface area contributed by atoms with Gasteiger partial charge in [-0.2, -0.15) is 0 Å². The highest BCUT2D eigenvalue weighted by molar-refractivity contribution is 7.90. The van der Waals surface area contributed by atoms with E-state index in [1.807, 2.05) is 4.40 Å². The first kappa shape index (κ1) is 31.1. The fourth-order valence-corrected chi connectivity index (χ4v) is 5.61. The van der Waals surface area contributed by atoms with Crippen LogP contribution in [0.4, 0.5) is 8.78 Å². The lowest BCUT2D eigenvalue weighted by atomic mass is 10.1. The number of nitrogens with one attached hydrogen (secondary N) is 1. The maximum atomic E-state index is 13.3. The summed E-state index contributed by atoms with van der Waals surface area (Å²) in [6.07, 6.45) is 13.7. The van der Waals surface area contributed by atoms with Crippen molar-refractivity contribution in [3.05, 3.63) is 132 Å². The molecule has 0 aliphatic rings. The highest BCUT2D eigenvalue weighted by Crippen LogP contribution is 2.33. The molecule has 0 aliphatic heterocycles. The van der Waals surface area contributed by atoms with Crippen molar-refractivity contribution in [2.45, 2.75) is 5.16 Å². The summed E-state index contributed by atoms with van der Waals surface area (Å²) in [7, 11) is -3.57. The molecule has 0 bridgehead atoms. The van der Waals surface area contributed by atoms with Gasteiger partial charge in [-0.05, 0) is 60.7 Å². The molecule has 0 radical (unpaired) electrons. The maximum Gasteiger partial charge on any atom is 0.345 e. The van der Waals surface area contributed by atoms with Gasteiger partial charge in [0.2, 0.25) is 15.0 Å². The molecule has 8 aromatic rings. The summed E-state index contributed by atoms with van der Waals surface area (Å²) in [5, 5.41) is -0.274.